The SMILES string of the molecule is Cc1cc(C)c(-c2csc(NC(=O)c3nccnc3N)n2)cc1C. The number of carbonyl (C=O) groups is 1. The van der Waals surface area contributed by atoms with Crippen LogP contribution in [0.4, 0.5) is 10.9 Å². The molecule has 3 rings (SSSR count). The van der Waals surface area contributed by atoms with E-state index in [-0.39, 0.29) is 11.5 Å². The average Bonchev–Trinajstić information content (AvgIpc) is 2.99. The normalized spacial score (nSPS) is 10.6. The topological polar surface area (TPSA) is 93.8 Å². The zero-order valence-corrected chi connectivity index (χ0v) is 14.4. The van der Waals surface area contributed by atoms with Crippen LogP contribution in [0.15, 0.2) is 29.9 Å². The number of nitrogens with zero attached hydrogens (tertiary/aromatic N) is 3. The van der Waals surface area contributed by atoms with E-state index in [0.717, 1.165) is 16.8 Å². The van der Waals surface area contributed by atoms with Crippen LogP contribution in [-0.4, -0.2) is 20.9 Å². The molecule has 0 radical (unpaired) electrons. The Kier molecular flexibility index (Phi) is 4.26. The van der Waals surface area contributed by atoms with Crippen molar-refractivity contribution >= 4 is 28.2 Å². The van der Waals surface area contributed by atoms with Crippen LogP contribution in [0, 0.1) is 20.8 Å². The maximum atomic E-state index is 12.2. The van der Waals surface area contributed by atoms with Crippen LogP contribution >= 0.6 is 11.3 Å². The Hall–Kier alpha value is -2.80. The van der Waals surface area contributed by atoms with Gasteiger partial charge in [-0.05, 0) is 43.5 Å². The minimum absolute atomic E-state index is 0.0941. The van der Waals surface area contributed by atoms with E-state index in [4.69, 9.17) is 5.73 Å². The van der Waals surface area contributed by atoms with E-state index in [1.807, 2.05) is 5.38 Å². The van der Waals surface area contributed by atoms with Crippen molar-refractivity contribution in [3.63, 3.8) is 0 Å². The molecule has 0 aliphatic rings. The first-order valence-electron chi connectivity index (χ1n) is 7.37. The highest BCUT2D eigenvalue weighted by atomic mass is 32.1. The highest BCUT2D eigenvalue weighted by Crippen LogP contribution is 2.29. The van der Waals surface area contributed by atoms with Gasteiger partial charge in [0, 0.05) is 23.3 Å². The van der Waals surface area contributed by atoms with Gasteiger partial charge < -0.3 is 5.73 Å². The smallest absolute Gasteiger partial charge is 0.279 e. The molecule has 0 saturated heterocycles. The molecule has 0 aliphatic heterocycles. The van der Waals surface area contributed by atoms with Gasteiger partial charge in [0.05, 0.1) is 5.69 Å². The molecule has 0 aliphatic carbocycles. The fourth-order valence-corrected chi connectivity index (χ4v) is 3.08. The summed E-state index contributed by atoms with van der Waals surface area (Å²) in [6.45, 7) is 6.22. The van der Waals surface area contributed by atoms with E-state index < -0.39 is 5.91 Å². The zero-order valence-electron chi connectivity index (χ0n) is 13.6. The molecule has 0 atom stereocenters. The number of hydrogen-bond donors (Lipinski definition) is 2. The molecule has 6 nitrogen and oxygen atoms in total. The Labute approximate surface area is 143 Å². The largest absolute Gasteiger partial charge is 0.382 e. The number of thiazole rings is 1. The first-order chi connectivity index (χ1) is 11.5. The van der Waals surface area contributed by atoms with E-state index >= 15 is 0 Å². The van der Waals surface area contributed by atoms with Gasteiger partial charge in [-0.2, -0.15) is 0 Å². The summed E-state index contributed by atoms with van der Waals surface area (Å²) in [4.78, 5) is 24.5. The monoisotopic (exact) mass is 339 g/mol. The fourth-order valence-electron chi connectivity index (χ4n) is 2.37. The van der Waals surface area contributed by atoms with Crippen LogP contribution in [0.25, 0.3) is 11.3 Å². The van der Waals surface area contributed by atoms with Crippen molar-refractivity contribution in [1.82, 2.24) is 15.0 Å². The summed E-state index contributed by atoms with van der Waals surface area (Å²) < 4.78 is 0. The number of carbonyl (C=O) groups excluding carboxylic acids is 1. The summed E-state index contributed by atoms with van der Waals surface area (Å²) in [6, 6.07) is 4.26. The van der Waals surface area contributed by atoms with Gasteiger partial charge >= 0.3 is 0 Å². The minimum Gasteiger partial charge on any atom is -0.382 e. The molecule has 24 heavy (non-hydrogen) atoms. The highest BCUT2D eigenvalue weighted by Gasteiger charge is 2.15. The second kappa shape index (κ2) is 6.37. The van der Waals surface area contributed by atoms with Crippen molar-refractivity contribution in [2.75, 3.05) is 11.1 Å². The molecule has 2 aromatic heterocycles. The van der Waals surface area contributed by atoms with Gasteiger partial charge in [-0.3, -0.25) is 10.1 Å². The lowest BCUT2D eigenvalue weighted by Crippen LogP contribution is -2.16. The van der Waals surface area contributed by atoms with E-state index in [9.17, 15) is 4.79 Å². The van der Waals surface area contributed by atoms with Crippen LogP contribution in [0.5, 0.6) is 0 Å². The first-order valence-corrected chi connectivity index (χ1v) is 8.25. The summed E-state index contributed by atoms with van der Waals surface area (Å²) >= 11 is 1.36. The molecule has 2 heterocycles. The maximum absolute atomic E-state index is 12.2. The van der Waals surface area contributed by atoms with E-state index in [2.05, 4.69) is 53.2 Å². The molecular formula is C17H17N5OS. The molecule has 0 unspecified atom stereocenters. The maximum Gasteiger partial charge on any atom is 0.279 e. The molecule has 122 valence electrons. The quantitative estimate of drug-likeness (QED) is 0.763. The third kappa shape index (κ3) is 3.11. The van der Waals surface area contributed by atoms with Crippen LogP contribution in [-0.2, 0) is 0 Å². The van der Waals surface area contributed by atoms with Crippen molar-refractivity contribution in [3.05, 3.63) is 52.3 Å². The van der Waals surface area contributed by atoms with Gasteiger partial charge in [0.25, 0.3) is 5.91 Å². The number of hydrogen-bond acceptors (Lipinski definition) is 6. The van der Waals surface area contributed by atoms with Crippen LogP contribution in [0.2, 0.25) is 0 Å². The molecular weight excluding hydrogens is 322 g/mol. The molecule has 0 bridgehead atoms. The number of rotatable bonds is 3. The molecule has 0 fully saturated rings. The molecule has 0 spiro atoms. The van der Waals surface area contributed by atoms with Gasteiger partial charge in [-0.25, -0.2) is 15.0 Å². The summed E-state index contributed by atoms with van der Waals surface area (Å²) in [6.07, 6.45) is 2.87. The zero-order chi connectivity index (χ0) is 17.3. The number of nitrogen functional groups attached to an aromatic ring is 1. The number of amides is 1. The van der Waals surface area contributed by atoms with Gasteiger partial charge in [-0.1, -0.05) is 6.07 Å². The summed E-state index contributed by atoms with van der Waals surface area (Å²) in [5, 5.41) is 5.14. The third-order valence-corrected chi connectivity index (χ3v) is 4.54. The van der Waals surface area contributed by atoms with Gasteiger partial charge in [0.1, 0.15) is 0 Å². The lowest BCUT2D eigenvalue weighted by Gasteiger charge is -2.07. The van der Waals surface area contributed by atoms with E-state index in [0.29, 0.717) is 5.13 Å². The number of anilines is 2. The fraction of sp³-hybridized carbons (Fsp3) is 0.176. The molecule has 1 aromatic carbocycles. The Morgan fingerprint density at radius 3 is 2.54 bits per heavy atom. The molecule has 3 N–H and O–H groups in total. The summed E-state index contributed by atoms with van der Waals surface area (Å²) in [5.41, 5.74) is 11.3. The first kappa shape index (κ1) is 16.1. The Balaban J connectivity index is 1.85. The predicted molar refractivity (Wildman–Crippen MR) is 96.2 cm³/mol. The molecule has 1 amide bonds. The Bertz CT molecular complexity index is 919. The molecule has 3 aromatic rings. The van der Waals surface area contributed by atoms with Crippen molar-refractivity contribution in [3.8, 4) is 11.3 Å². The molecule has 0 saturated carbocycles. The highest BCUT2D eigenvalue weighted by molar-refractivity contribution is 7.14. The average molecular weight is 339 g/mol. The van der Waals surface area contributed by atoms with Gasteiger partial charge in [0.15, 0.2) is 16.6 Å². The minimum atomic E-state index is -0.418. The van der Waals surface area contributed by atoms with Crippen molar-refractivity contribution in [1.29, 1.82) is 0 Å². The van der Waals surface area contributed by atoms with Gasteiger partial charge in [-0.15, -0.1) is 11.3 Å². The molecule has 7 heteroatoms. The third-order valence-electron chi connectivity index (χ3n) is 3.78. The number of nitrogens with one attached hydrogen (secondary N) is 1. The Morgan fingerprint density at radius 1 is 1.08 bits per heavy atom. The van der Waals surface area contributed by atoms with Crippen LogP contribution < -0.4 is 11.1 Å². The number of nitrogens with two attached hydrogens (primary N) is 1. The lowest BCUT2D eigenvalue weighted by molar-refractivity contribution is 0.102. The summed E-state index contributed by atoms with van der Waals surface area (Å²) in [7, 11) is 0. The standard InChI is InChI=1S/C17H17N5OS/c1-9-6-11(3)12(7-10(9)2)13-8-24-17(21-13)22-16(23)14-15(18)20-5-4-19-14/h4-8H,1-3H3,(H2,18,20)(H,21,22,23). The lowest BCUT2D eigenvalue weighted by atomic mass is 9.99. The Morgan fingerprint density at radius 2 is 1.79 bits per heavy atom. The van der Waals surface area contributed by atoms with Crippen LogP contribution in [0.3, 0.4) is 0 Å². The van der Waals surface area contributed by atoms with Gasteiger partial charge in [0.2, 0.25) is 0 Å². The summed E-state index contributed by atoms with van der Waals surface area (Å²) in [5.74, 6) is -0.324. The number of aryl methyl sites for hydroxylation is 3. The number of aromatic nitrogens is 3. The number of benzene rings is 1. The van der Waals surface area contributed by atoms with Crippen LogP contribution in [0.1, 0.15) is 27.2 Å². The van der Waals surface area contributed by atoms with E-state index in [1.54, 1.807) is 0 Å². The predicted octanol–water partition coefficient (Wildman–Crippen LogP) is 3.36. The van der Waals surface area contributed by atoms with Crippen molar-refractivity contribution < 1.29 is 4.79 Å². The second-order valence-corrected chi connectivity index (χ2v) is 6.39. The van der Waals surface area contributed by atoms with Crippen molar-refractivity contribution in [2.45, 2.75) is 20.8 Å². The van der Waals surface area contributed by atoms with E-state index in [1.165, 1.54) is 34.9 Å². The van der Waals surface area contributed by atoms with Crippen molar-refractivity contribution in [2.24, 2.45) is 0 Å². The second-order valence-electron chi connectivity index (χ2n) is 5.53.